The monoisotopic (exact) mass is 184 g/mol. The van der Waals surface area contributed by atoms with Crippen LogP contribution in [-0.2, 0) is 0 Å². The van der Waals surface area contributed by atoms with Gasteiger partial charge >= 0.3 is 0 Å². The average molecular weight is 185 g/mol. The van der Waals surface area contributed by atoms with Crippen LogP contribution < -0.4 is 0 Å². The molecule has 0 aromatic carbocycles. The van der Waals surface area contributed by atoms with Gasteiger partial charge in [0.25, 0.3) is 0 Å². The van der Waals surface area contributed by atoms with Crippen LogP contribution in [0.25, 0.3) is 0 Å². The number of aliphatic hydroxyl groups is 1. The summed E-state index contributed by atoms with van der Waals surface area (Å²) in [7, 11) is 0. The quantitative estimate of drug-likeness (QED) is 0.653. The minimum atomic E-state index is 0.382. The fourth-order valence-corrected chi connectivity index (χ4v) is 1.36. The maximum absolute atomic E-state index is 9.46. The molecule has 0 aromatic heterocycles. The number of allylic oxidation sites excluding steroid dienone is 5. The van der Waals surface area contributed by atoms with E-state index < -0.39 is 0 Å². The zero-order valence-corrected chi connectivity index (χ0v) is 7.93. The van der Waals surface area contributed by atoms with Crippen LogP contribution in [-0.4, -0.2) is 11.0 Å². The first-order valence-corrected chi connectivity index (χ1v) is 4.65. The molecule has 0 fully saturated rings. The molecule has 0 saturated heterocycles. The SMILES string of the molecule is CCC1=CCC(O)=C(CCl)C=C1. The highest BCUT2D eigenvalue weighted by atomic mass is 35.5. The van der Waals surface area contributed by atoms with E-state index in [1.165, 1.54) is 5.57 Å². The molecule has 0 bridgehead atoms. The predicted octanol–water partition coefficient (Wildman–Crippen LogP) is 3.33. The molecular formula is C10H13ClO. The fourth-order valence-electron chi connectivity index (χ4n) is 1.11. The molecule has 0 amide bonds. The van der Waals surface area contributed by atoms with Gasteiger partial charge in [-0.05, 0) is 6.42 Å². The molecule has 1 aliphatic rings. The lowest BCUT2D eigenvalue weighted by Gasteiger charge is -1.97. The van der Waals surface area contributed by atoms with Crippen LogP contribution in [0, 0.1) is 0 Å². The average Bonchev–Trinajstić information content (AvgIpc) is 2.27. The molecule has 0 radical (unpaired) electrons. The van der Waals surface area contributed by atoms with E-state index in [1.54, 1.807) is 0 Å². The van der Waals surface area contributed by atoms with Gasteiger partial charge in [0.1, 0.15) is 5.76 Å². The van der Waals surface area contributed by atoms with Crippen molar-refractivity contribution >= 4 is 11.6 Å². The summed E-state index contributed by atoms with van der Waals surface area (Å²) >= 11 is 5.65. The number of halogens is 1. The molecule has 1 rings (SSSR count). The maximum Gasteiger partial charge on any atom is 0.100 e. The summed E-state index contributed by atoms with van der Waals surface area (Å²) in [6.07, 6.45) is 7.55. The zero-order valence-electron chi connectivity index (χ0n) is 7.18. The maximum atomic E-state index is 9.46. The Morgan fingerprint density at radius 2 is 2.25 bits per heavy atom. The topological polar surface area (TPSA) is 20.2 Å². The van der Waals surface area contributed by atoms with Crippen molar-refractivity contribution in [2.24, 2.45) is 0 Å². The van der Waals surface area contributed by atoms with Gasteiger partial charge in [-0.3, -0.25) is 0 Å². The van der Waals surface area contributed by atoms with Crippen molar-refractivity contribution in [3.05, 3.63) is 35.1 Å². The normalized spacial score (nSPS) is 17.7. The molecule has 2 heteroatoms. The van der Waals surface area contributed by atoms with Crippen LogP contribution in [0.3, 0.4) is 0 Å². The molecule has 0 spiro atoms. The molecule has 12 heavy (non-hydrogen) atoms. The third-order valence-corrected chi connectivity index (χ3v) is 2.27. The highest BCUT2D eigenvalue weighted by Gasteiger charge is 2.03. The first-order chi connectivity index (χ1) is 5.77. The molecule has 0 heterocycles. The Labute approximate surface area is 78.0 Å². The van der Waals surface area contributed by atoms with Gasteiger partial charge < -0.3 is 5.11 Å². The Balaban J connectivity index is 2.82. The van der Waals surface area contributed by atoms with Gasteiger partial charge in [-0.25, -0.2) is 0 Å². The number of rotatable bonds is 2. The van der Waals surface area contributed by atoms with Gasteiger partial charge in [0.2, 0.25) is 0 Å². The molecule has 1 nitrogen and oxygen atoms in total. The first-order valence-electron chi connectivity index (χ1n) is 4.12. The third-order valence-electron chi connectivity index (χ3n) is 1.98. The van der Waals surface area contributed by atoms with Crippen LogP contribution in [0.5, 0.6) is 0 Å². The van der Waals surface area contributed by atoms with Crippen molar-refractivity contribution in [1.29, 1.82) is 0 Å². The number of hydrogen-bond donors (Lipinski definition) is 1. The van der Waals surface area contributed by atoms with Crippen molar-refractivity contribution in [2.75, 3.05) is 5.88 Å². The van der Waals surface area contributed by atoms with Gasteiger partial charge in [0.05, 0.1) is 5.88 Å². The van der Waals surface area contributed by atoms with Crippen molar-refractivity contribution in [3.63, 3.8) is 0 Å². The fraction of sp³-hybridized carbons (Fsp3) is 0.400. The summed E-state index contributed by atoms with van der Waals surface area (Å²) in [4.78, 5) is 0. The van der Waals surface area contributed by atoms with E-state index in [2.05, 4.69) is 6.92 Å². The van der Waals surface area contributed by atoms with E-state index in [1.807, 2.05) is 18.2 Å². The smallest absolute Gasteiger partial charge is 0.100 e. The van der Waals surface area contributed by atoms with Crippen LogP contribution in [0.4, 0.5) is 0 Å². The summed E-state index contributed by atoms with van der Waals surface area (Å²) in [5.41, 5.74) is 2.08. The van der Waals surface area contributed by atoms with E-state index in [0.29, 0.717) is 18.1 Å². The molecule has 66 valence electrons. The Kier molecular flexibility index (Phi) is 3.42. The van der Waals surface area contributed by atoms with Crippen LogP contribution in [0.1, 0.15) is 19.8 Å². The Bertz CT molecular complexity index is 249. The van der Waals surface area contributed by atoms with E-state index in [9.17, 15) is 5.11 Å². The van der Waals surface area contributed by atoms with Gasteiger partial charge in [-0.15, -0.1) is 11.6 Å². The van der Waals surface area contributed by atoms with Crippen molar-refractivity contribution in [3.8, 4) is 0 Å². The van der Waals surface area contributed by atoms with Gasteiger partial charge in [0, 0.05) is 12.0 Å². The molecule has 1 aliphatic carbocycles. The molecule has 0 saturated carbocycles. The second-order valence-electron chi connectivity index (χ2n) is 2.78. The van der Waals surface area contributed by atoms with E-state index in [4.69, 9.17) is 11.6 Å². The lowest BCUT2D eigenvalue weighted by Crippen LogP contribution is -1.87. The highest BCUT2D eigenvalue weighted by Crippen LogP contribution is 2.18. The third kappa shape index (κ3) is 2.15. The first kappa shape index (κ1) is 9.40. The second-order valence-corrected chi connectivity index (χ2v) is 3.04. The zero-order chi connectivity index (χ0) is 8.97. The van der Waals surface area contributed by atoms with Crippen molar-refractivity contribution in [1.82, 2.24) is 0 Å². The lowest BCUT2D eigenvalue weighted by atomic mass is 10.2. The largest absolute Gasteiger partial charge is 0.512 e. The summed E-state index contributed by atoms with van der Waals surface area (Å²) in [6.45, 7) is 2.10. The Morgan fingerprint density at radius 3 is 2.83 bits per heavy atom. The van der Waals surface area contributed by atoms with Crippen LogP contribution in [0.2, 0.25) is 0 Å². The number of alkyl halides is 1. The predicted molar refractivity (Wildman–Crippen MR) is 52.5 cm³/mol. The minimum Gasteiger partial charge on any atom is -0.512 e. The van der Waals surface area contributed by atoms with Gasteiger partial charge in [0.15, 0.2) is 0 Å². The van der Waals surface area contributed by atoms with E-state index >= 15 is 0 Å². The molecular weight excluding hydrogens is 172 g/mol. The summed E-state index contributed by atoms with van der Waals surface area (Å²) in [5.74, 6) is 0.775. The number of hydrogen-bond acceptors (Lipinski definition) is 1. The Hall–Kier alpha value is -0.690. The summed E-state index contributed by atoms with van der Waals surface area (Å²) in [5, 5.41) is 9.46. The van der Waals surface area contributed by atoms with Gasteiger partial charge in [-0.2, -0.15) is 0 Å². The molecule has 0 aliphatic heterocycles. The molecule has 0 aromatic rings. The second kappa shape index (κ2) is 4.36. The van der Waals surface area contributed by atoms with Crippen LogP contribution in [0.15, 0.2) is 35.1 Å². The van der Waals surface area contributed by atoms with E-state index in [0.717, 1.165) is 12.0 Å². The van der Waals surface area contributed by atoms with Crippen molar-refractivity contribution in [2.45, 2.75) is 19.8 Å². The lowest BCUT2D eigenvalue weighted by molar-refractivity contribution is 0.396. The summed E-state index contributed by atoms with van der Waals surface area (Å²) < 4.78 is 0. The minimum absolute atomic E-state index is 0.382. The van der Waals surface area contributed by atoms with E-state index in [-0.39, 0.29) is 0 Å². The van der Waals surface area contributed by atoms with Gasteiger partial charge in [-0.1, -0.05) is 30.7 Å². The highest BCUT2D eigenvalue weighted by molar-refractivity contribution is 6.19. The number of aliphatic hydroxyl groups excluding tert-OH is 1. The Morgan fingerprint density at radius 1 is 1.50 bits per heavy atom. The standard InChI is InChI=1S/C10H13ClO/c1-2-8-3-5-9(7-11)10(12)6-4-8/h3-5,12H,2,6-7H2,1H3. The van der Waals surface area contributed by atoms with Crippen molar-refractivity contribution < 1.29 is 5.11 Å². The molecule has 1 N–H and O–H groups in total. The summed E-state index contributed by atoms with van der Waals surface area (Å²) in [6, 6.07) is 0. The molecule has 0 unspecified atom stereocenters. The van der Waals surface area contributed by atoms with Crippen LogP contribution >= 0.6 is 11.6 Å². The molecule has 0 atom stereocenters.